The maximum atomic E-state index is 11.1. The highest BCUT2D eigenvalue weighted by Crippen LogP contribution is 2.46. The zero-order chi connectivity index (χ0) is 10.8. The third kappa shape index (κ3) is 1.98. The van der Waals surface area contributed by atoms with Crippen molar-refractivity contribution in [3.05, 3.63) is 12.7 Å². The molecule has 0 aromatic carbocycles. The van der Waals surface area contributed by atoms with Crippen molar-refractivity contribution in [3.63, 3.8) is 0 Å². The molecule has 0 radical (unpaired) electrons. The van der Waals surface area contributed by atoms with Crippen molar-refractivity contribution >= 4 is 5.97 Å². The fraction of sp³-hybridized carbons (Fsp3) is 0.727. The Morgan fingerprint density at radius 1 is 1.71 bits per heavy atom. The van der Waals surface area contributed by atoms with Crippen LogP contribution in [0.5, 0.6) is 0 Å². The molecule has 0 aromatic rings. The summed E-state index contributed by atoms with van der Waals surface area (Å²) in [5.41, 5.74) is 0. The average molecular weight is 198 g/mol. The van der Waals surface area contributed by atoms with E-state index in [1.165, 1.54) is 6.08 Å². The first-order chi connectivity index (χ1) is 6.59. The summed E-state index contributed by atoms with van der Waals surface area (Å²) in [5, 5.41) is 0. The van der Waals surface area contributed by atoms with Crippen molar-refractivity contribution in [1.82, 2.24) is 0 Å². The van der Waals surface area contributed by atoms with Gasteiger partial charge in [0.05, 0.1) is 0 Å². The molecule has 0 spiro atoms. The van der Waals surface area contributed by atoms with Gasteiger partial charge in [0.2, 0.25) is 5.79 Å². The summed E-state index contributed by atoms with van der Waals surface area (Å²) in [6.07, 6.45) is 2.95. The first-order valence-electron chi connectivity index (χ1n) is 5.12. The molecule has 1 aliphatic heterocycles. The van der Waals surface area contributed by atoms with Gasteiger partial charge in [-0.05, 0) is 5.92 Å². The monoisotopic (exact) mass is 198 g/mol. The van der Waals surface area contributed by atoms with E-state index in [-0.39, 0.29) is 6.10 Å². The summed E-state index contributed by atoms with van der Waals surface area (Å²) < 4.78 is 10.7. The Labute approximate surface area is 85.1 Å². The molecule has 1 rings (SSSR count). The Morgan fingerprint density at radius 2 is 2.36 bits per heavy atom. The number of hydrogen-bond acceptors (Lipinski definition) is 3. The van der Waals surface area contributed by atoms with E-state index in [2.05, 4.69) is 20.4 Å². The molecule has 1 fully saturated rings. The van der Waals surface area contributed by atoms with Crippen LogP contribution in [0.4, 0.5) is 0 Å². The summed E-state index contributed by atoms with van der Waals surface area (Å²) in [4.78, 5) is 11.1. The van der Waals surface area contributed by atoms with Crippen LogP contribution in [0.15, 0.2) is 12.7 Å². The first kappa shape index (κ1) is 11.2. The second-order valence-electron chi connectivity index (χ2n) is 3.71. The van der Waals surface area contributed by atoms with Crippen LogP contribution < -0.4 is 0 Å². The minimum absolute atomic E-state index is 0.0569. The lowest BCUT2D eigenvalue weighted by molar-refractivity contribution is -0.152. The van der Waals surface area contributed by atoms with Crippen LogP contribution in [0, 0.1) is 5.92 Å². The van der Waals surface area contributed by atoms with Gasteiger partial charge in [0, 0.05) is 12.5 Å². The highest BCUT2D eigenvalue weighted by Gasteiger charge is 2.60. The van der Waals surface area contributed by atoms with E-state index in [1.807, 2.05) is 6.92 Å². The van der Waals surface area contributed by atoms with Crippen LogP contribution in [-0.4, -0.2) is 17.9 Å². The van der Waals surface area contributed by atoms with Crippen molar-refractivity contribution in [2.24, 2.45) is 5.92 Å². The quantitative estimate of drug-likeness (QED) is 0.386. The van der Waals surface area contributed by atoms with E-state index >= 15 is 0 Å². The molecule has 3 atom stereocenters. The van der Waals surface area contributed by atoms with Crippen molar-refractivity contribution in [2.45, 2.75) is 45.5 Å². The van der Waals surface area contributed by atoms with Crippen molar-refractivity contribution < 1.29 is 14.3 Å². The second kappa shape index (κ2) is 4.13. The minimum atomic E-state index is -0.666. The number of epoxide rings is 1. The zero-order valence-electron chi connectivity index (χ0n) is 9.08. The lowest BCUT2D eigenvalue weighted by Gasteiger charge is -2.12. The van der Waals surface area contributed by atoms with Crippen molar-refractivity contribution in [2.75, 3.05) is 0 Å². The van der Waals surface area contributed by atoms with Gasteiger partial charge in [0.15, 0.2) is 0 Å². The fourth-order valence-electron chi connectivity index (χ4n) is 1.60. The predicted molar refractivity (Wildman–Crippen MR) is 53.6 cm³/mol. The molecule has 1 saturated heterocycles. The fourth-order valence-corrected chi connectivity index (χ4v) is 1.60. The Hall–Kier alpha value is -0.830. The largest absolute Gasteiger partial charge is 0.427 e. The zero-order valence-corrected chi connectivity index (χ0v) is 9.08. The van der Waals surface area contributed by atoms with E-state index in [4.69, 9.17) is 9.47 Å². The second-order valence-corrected chi connectivity index (χ2v) is 3.71. The van der Waals surface area contributed by atoms with Gasteiger partial charge >= 0.3 is 5.97 Å². The van der Waals surface area contributed by atoms with Crippen LogP contribution in [0.25, 0.3) is 0 Å². The molecule has 1 aliphatic rings. The molecular weight excluding hydrogens is 180 g/mol. The highest BCUT2D eigenvalue weighted by atomic mass is 16.8. The van der Waals surface area contributed by atoms with Crippen LogP contribution >= 0.6 is 0 Å². The van der Waals surface area contributed by atoms with Gasteiger partial charge in [0.1, 0.15) is 6.10 Å². The lowest BCUT2D eigenvalue weighted by Crippen LogP contribution is -2.24. The molecule has 80 valence electrons. The standard InChI is InChI=1S/C11H18O3/c1-5-8(4)10-11(7-3,14-10)13-9(12)6-2/h6,8,10H,2,5,7H2,1,3-4H3. The number of carbonyl (C=O) groups excluding carboxylic acids is 1. The summed E-state index contributed by atoms with van der Waals surface area (Å²) in [6, 6.07) is 0. The molecule has 3 unspecified atom stereocenters. The molecule has 0 aromatic heterocycles. The molecule has 3 nitrogen and oxygen atoms in total. The number of carbonyl (C=O) groups is 1. The van der Waals surface area contributed by atoms with E-state index in [1.54, 1.807) is 0 Å². The van der Waals surface area contributed by atoms with Crippen LogP contribution in [-0.2, 0) is 14.3 Å². The summed E-state index contributed by atoms with van der Waals surface area (Å²) in [7, 11) is 0. The van der Waals surface area contributed by atoms with Gasteiger partial charge in [-0.15, -0.1) is 0 Å². The third-order valence-corrected chi connectivity index (χ3v) is 2.80. The molecular formula is C11H18O3. The Bertz CT molecular complexity index is 237. The van der Waals surface area contributed by atoms with Gasteiger partial charge in [-0.25, -0.2) is 4.79 Å². The lowest BCUT2D eigenvalue weighted by atomic mass is 10.00. The van der Waals surface area contributed by atoms with Crippen LogP contribution in [0.3, 0.4) is 0 Å². The Kier molecular flexibility index (Phi) is 3.32. The molecule has 0 bridgehead atoms. The van der Waals surface area contributed by atoms with Crippen molar-refractivity contribution in [3.8, 4) is 0 Å². The molecule has 0 N–H and O–H groups in total. The molecule has 0 aliphatic carbocycles. The molecule has 0 amide bonds. The normalized spacial score (nSPS) is 32.1. The van der Waals surface area contributed by atoms with Gasteiger partial charge < -0.3 is 9.47 Å². The van der Waals surface area contributed by atoms with Crippen molar-refractivity contribution in [1.29, 1.82) is 0 Å². The number of ether oxygens (including phenoxy) is 2. The summed E-state index contributed by atoms with van der Waals surface area (Å²) in [6.45, 7) is 9.52. The van der Waals surface area contributed by atoms with E-state index < -0.39 is 11.8 Å². The van der Waals surface area contributed by atoms with E-state index in [9.17, 15) is 4.79 Å². The molecule has 0 saturated carbocycles. The number of rotatable bonds is 5. The predicted octanol–water partition coefficient (Wildman–Crippen LogP) is 2.27. The maximum absolute atomic E-state index is 11.1. The highest BCUT2D eigenvalue weighted by molar-refractivity contribution is 5.81. The van der Waals surface area contributed by atoms with Crippen LogP contribution in [0.1, 0.15) is 33.6 Å². The number of hydrogen-bond donors (Lipinski definition) is 0. The first-order valence-corrected chi connectivity index (χ1v) is 5.12. The van der Waals surface area contributed by atoms with Crippen LogP contribution in [0.2, 0.25) is 0 Å². The van der Waals surface area contributed by atoms with Gasteiger partial charge in [0.25, 0.3) is 0 Å². The van der Waals surface area contributed by atoms with E-state index in [0.717, 1.165) is 6.42 Å². The molecule has 1 heterocycles. The smallest absolute Gasteiger partial charge is 0.332 e. The Balaban J connectivity index is 2.56. The Morgan fingerprint density at radius 3 is 2.79 bits per heavy atom. The van der Waals surface area contributed by atoms with Gasteiger partial charge in [-0.3, -0.25) is 0 Å². The van der Waals surface area contributed by atoms with Gasteiger partial charge in [-0.2, -0.15) is 0 Å². The topological polar surface area (TPSA) is 38.8 Å². The van der Waals surface area contributed by atoms with E-state index in [0.29, 0.717) is 12.3 Å². The average Bonchev–Trinajstić information content (AvgIpc) is 2.92. The number of esters is 1. The van der Waals surface area contributed by atoms with Gasteiger partial charge in [-0.1, -0.05) is 33.8 Å². The third-order valence-electron chi connectivity index (χ3n) is 2.80. The SMILES string of the molecule is C=CC(=O)OC1(CC)OC1C(C)CC. The summed E-state index contributed by atoms with van der Waals surface area (Å²) in [5.74, 6) is -0.647. The molecule has 14 heavy (non-hydrogen) atoms. The molecule has 3 heteroatoms. The summed E-state index contributed by atoms with van der Waals surface area (Å²) >= 11 is 0. The minimum Gasteiger partial charge on any atom is -0.427 e. The maximum Gasteiger partial charge on any atom is 0.332 e.